The largest absolute Gasteiger partial charge is 1.00 e. The molecule has 0 aliphatic heterocycles. The number of alkyl halides is 3. The van der Waals surface area contributed by atoms with E-state index in [-0.39, 0.29) is 42.0 Å². The quantitative estimate of drug-likeness (QED) is 0.351. The zero-order chi connectivity index (χ0) is 11.7. The van der Waals surface area contributed by atoms with Crippen LogP contribution >= 0.6 is 0 Å². The molecule has 93 valence electrons. The molecule has 0 atom stereocenters. The van der Waals surface area contributed by atoms with Gasteiger partial charge in [0.15, 0.2) is 0 Å². The Morgan fingerprint density at radius 3 is 2.18 bits per heavy atom. The Bertz CT molecular complexity index is 439. The molecule has 1 radical (unpaired) electrons. The molecule has 0 heterocycles. The molecule has 1 aliphatic rings. The van der Waals surface area contributed by atoms with Crippen LogP contribution in [0.5, 0.6) is 0 Å². The second-order valence-electron chi connectivity index (χ2n) is 2.59. The van der Waals surface area contributed by atoms with E-state index in [0.717, 1.165) is 6.08 Å². The summed E-state index contributed by atoms with van der Waals surface area (Å²) in [4.78, 5) is 0. The van der Waals surface area contributed by atoms with Gasteiger partial charge in [0.25, 0.3) is 0 Å². The van der Waals surface area contributed by atoms with Crippen molar-refractivity contribution in [1.82, 2.24) is 0 Å². The van der Waals surface area contributed by atoms with Gasteiger partial charge < -0.3 is 21.2 Å². The molecule has 1 aliphatic carbocycles. The minimum atomic E-state index is -5.61. The maximum atomic E-state index is 11.9. The third-order valence-electron chi connectivity index (χ3n) is 1.46. The Balaban J connectivity index is 0. The maximum absolute atomic E-state index is 11.9. The number of allylic oxidation sites excluding steroid dienone is 4. The van der Waals surface area contributed by atoms with Gasteiger partial charge in [0, 0.05) is 25.9 Å². The van der Waals surface area contributed by atoms with Gasteiger partial charge >= 0.3 is 15.6 Å². The van der Waals surface area contributed by atoms with Crippen LogP contribution in [0.4, 0.5) is 13.2 Å². The molecule has 0 aromatic carbocycles. The molecule has 0 aromatic heterocycles. The van der Waals surface area contributed by atoms with Crippen LogP contribution in [-0.2, 0) is 33.8 Å². The topological polar surface area (TPSA) is 43.4 Å². The van der Waals surface area contributed by atoms with Gasteiger partial charge in [0.05, 0.1) is 0 Å². The van der Waals surface area contributed by atoms with Crippen molar-refractivity contribution in [3.8, 4) is 0 Å². The van der Waals surface area contributed by atoms with E-state index in [1.165, 1.54) is 18.6 Å². The second kappa shape index (κ2) is 6.70. The molecule has 0 fully saturated rings. The minimum Gasteiger partial charge on any atom is -1.00 e. The van der Waals surface area contributed by atoms with Crippen molar-refractivity contribution in [1.29, 1.82) is 0 Å². The van der Waals surface area contributed by atoms with Crippen molar-refractivity contribution in [2.24, 2.45) is 0 Å². The van der Waals surface area contributed by atoms with E-state index in [1.807, 2.05) is 0 Å². The van der Waals surface area contributed by atoms with Gasteiger partial charge in [-0.3, -0.25) is 0 Å². The fraction of sp³-hybridized carbons (Fsp3) is 0.125. The van der Waals surface area contributed by atoms with Crippen molar-refractivity contribution < 1.29 is 62.2 Å². The molecule has 0 saturated carbocycles. The molecule has 0 amide bonds. The smallest absolute Gasteiger partial charge is 0.534 e. The van der Waals surface area contributed by atoms with Crippen molar-refractivity contribution in [2.45, 2.75) is 5.51 Å². The van der Waals surface area contributed by atoms with Crippen LogP contribution in [-0.4, -0.2) is 13.9 Å². The first-order chi connectivity index (χ1) is 6.74. The Morgan fingerprint density at radius 2 is 1.76 bits per heavy atom. The van der Waals surface area contributed by atoms with Crippen LogP contribution < -0.4 is 17.0 Å². The summed E-state index contributed by atoms with van der Waals surface area (Å²) < 4.78 is 60.8. The number of halogens is 4. The van der Waals surface area contributed by atoms with Crippen molar-refractivity contribution in [3.63, 3.8) is 0 Å². The molecule has 0 spiro atoms. The molecule has 9 heteroatoms. The molecule has 17 heavy (non-hydrogen) atoms. The number of rotatable bonds is 2. The monoisotopic (exact) mass is 382 g/mol. The Kier molecular flexibility index (Phi) is 7.58. The van der Waals surface area contributed by atoms with Gasteiger partial charge in [0.1, 0.15) is 5.76 Å². The summed E-state index contributed by atoms with van der Waals surface area (Å²) in [6, 6.07) is 0. The minimum absolute atomic E-state index is 0. The molecule has 0 saturated heterocycles. The first-order valence-corrected chi connectivity index (χ1v) is 5.06. The molecule has 0 unspecified atom stereocenters. The first kappa shape index (κ1) is 19.2. The molecule has 0 aromatic rings. The predicted molar refractivity (Wildman–Crippen MR) is 46.7 cm³/mol. The normalized spacial score (nSPS) is 15.5. The van der Waals surface area contributed by atoms with E-state index < -0.39 is 21.4 Å². The maximum Gasteiger partial charge on any atom is 0.534 e. The van der Waals surface area contributed by atoms with Crippen LogP contribution in [0.2, 0.25) is 0 Å². The Labute approximate surface area is 120 Å². The van der Waals surface area contributed by atoms with Gasteiger partial charge in [-0.2, -0.15) is 21.6 Å². The van der Waals surface area contributed by atoms with Crippen LogP contribution in [0.1, 0.15) is 0 Å². The van der Waals surface area contributed by atoms with Gasteiger partial charge in [-0.25, -0.2) is 0 Å². The van der Waals surface area contributed by atoms with Crippen molar-refractivity contribution in [3.05, 3.63) is 42.6 Å². The summed E-state index contributed by atoms with van der Waals surface area (Å²) in [7, 11) is -5.61. The summed E-state index contributed by atoms with van der Waals surface area (Å²) in [6.07, 6.45) is 5.26. The van der Waals surface area contributed by atoms with E-state index in [2.05, 4.69) is 10.8 Å². The van der Waals surface area contributed by atoms with Crippen molar-refractivity contribution >= 4 is 10.1 Å². The van der Waals surface area contributed by atoms with E-state index in [4.69, 9.17) is 0 Å². The summed E-state index contributed by atoms with van der Waals surface area (Å²) in [6.45, 7) is 3.33. The van der Waals surface area contributed by atoms with E-state index in [0.29, 0.717) is 0 Å². The van der Waals surface area contributed by atoms with Gasteiger partial charge in [0.2, 0.25) is 0 Å². The zero-order valence-electron chi connectivity index (χ0n) is 8.37. The summed E-state index contributed by atoms with van der Waals surface area (Å²) >= 11 is 0. The fourth-order valence-electron chi connectivity index (χ4n) is 0.751. The third-order valence-corrected chi connectivity index (χ3v) is 2.42. The number of hydrogen-bond acceptors (Lipinski definition) is 3. The van der Waals surface area contributed by atoms with Crippen LogP contribution in [0.25, 0.3) is 0 Å². The molecule has 3 nitrogen and oxygen atoms in total. The van der Waals surface area contributed by atoms with Crippen molar-refractivity contribution in [2.75, 3.05) is 0 Å². The fourth-order valence-corrected chi connectivity index (χ4v) is 1.24. The van der Waals surface area contributed by atoms with Crippen LogP contribution in [0.15, 0.2) is 36.1 Å². The number of hydrogen-bond donors (Lipinski definition) is 0. The van der Waals surface area contributed by atoms with Gasteiger partial charge in [-0.15, -0.1) is 0 Å². The Hall–Kier alpha value is -0.137. The molecule has 1 rings (SSSR count). The zero-order valence-corrected chi connectivity index (χ0v) is 13.7. The average Bonchev–Trinajstić information content (AvgIpc) is 2.06. The summed E-state index contributed by atoms with van der Waals surface area (Å²) in [5, 5.41) is 0. The first-order valence-electron chi connectivity index (χ1n) is 3.66. The Morgan fingerprint density at radius 1 is 1.24 bits per heavy atom. The summed E-state index contributed by atoms with van der Waals surface area (Å²) in [5.74, 6) is -0.435. The van der Waals surface area contributed by atoms with Crippen LogP contribution in [0.3, 0.4) is 0 Å². The molecular weight excluding hydrogens is 378 g/mol. The second-order valence-corrected chi connectivity index (χ2v) is 4.13. The van der Waals surface area contributed by atoms with E-state index in [9.17, 15) is 21.6 Å². The van der Waals surface area contributed by atoms with Crippen LogP contribution in [0, 0.1) is 6.42 Å². The van der Waals surface area contributed by atoms with Gasteiger partial charge in [-0.1, -0.05) is 18.7 Å². The SMILES string of the molecule is C=C1[CH]C=CC=C1OS(=O)(=O)C(F)(F)F.[Br-].[Zn]. The standard InChI is InChI=1S/C8H6F3O3S.BrH.Zn/c1-6-4-2-3-5-7(6)14-15(12,13)8(9,10)11;;/h2-5H,1H2;1H;/p-1. The van der Waals surface area contributed by atoms with E-state index in [1.54, 1.807) is 0 Å². The average molecular weight is 384 g/mol. The molecule has 0 bridgehead atoms. The van der Waals surface area contributed by atoms with Gasteiger partial charge in [-0.05, 0) is 11.6 Å². The third kappa shape index (κ3) is 4.93. The summed E-state index contributed by atoms with van der Waals surface area (Å²) in [5.41, 5.74) is -5.37. The molecular formula is C8H6BrF3O3SZn-. The molecule has 0 N–H and O–H groups in total. The van der Waals surface area contributed by atoms with E-state index >= 15 is 0 Å². The predicted octanol–water partition coefficient (Wildman–Crippen LogP) is -0.932.